The van der Waals surface area contributed by atoms with Crippen molar-refractivity contribution in [3.05, 3.63) is 63.1 Å². The average molecular weight is 505 g/mol. The van der Waals surface area contributed by atoms with E-state index in [1.54, 1.807) is 16.4 Å². The van der Waals surface area contributed by atoms with E-state index in [4.69, 9.17) is 16.3 Å². The summed E-state index contributed by atoms with van der Waals surface area (Å²) < 4.78 is 8.70. The largest absolute Gasteiger partial charge is 0.489 e. The van der Waals surface area contributed by atoms with E-state index in [2.05, 4.69) is 42.8 Å². The first-order valence-electron chi connectivity index (χ1n) is 8.33. The Kier molecular flexibility index (Phi) is 9.53. The van der Waals surface area contributed by atoms with Gasteiger partial charge in [-0.3, -0.25) is 0 Å². The average Bonchev–Trinajstić information content (AvgIpc) is 3.07. The second-order valence-electron chi connectivity index (χ2n) is 5.78. The highest BCUT2D eigenvalue weighted by Gasteiger charge is 2.06. The van der Waals surface area contributed by atoms with E-state index in [0.29, 0.717) is 13.2 Å². The van der Waals surface area contributed by atoms with E-state index in [1.165, 1.54) is 0 Å². The van der Waals surface area contributed by atoms with Crippen LogP contribution in [0.2, 0.25) is 5.02 Å². The molecule has 2 aromatic carbocycles. The van der Waals surface area contributed by atoms with Gasteiger partial charge in [0.1, 0.15) is 12.4 Å². The molecule has 28 heavy (non-hydrogen) atoms. The van der Waals surface area contributed by atoms with Crippen molar-refractivity contribution in [3.8, 4) is 5.75 Å². The molecule has 1 aromatic heterocycles. The van der Waals surface area contributed by atoms with Crippen molar-refractivity contribution < 1.29 is 4.74 Å². The van der Waals surface area contributed by atoms with Crippen LogP contribution in [0.1, 0.15) is 11.1 Å². The summed E-state index contributed by atoms with van der Waals surface area (Å²) in [4.78, 5) is 0. The molecule has 0 spiro atoms. The third-order valence-corrected chi connectivity index (χ3v) is 5.49. The highest BCUT2D eigenvalue weighted by Crippen LogP contribution is 2.24. The molecule has 0 amide bonds. The fourth-order valence-corrected chi connectivity index (χ4v) is 3.63. The molecule has 0 atom stereocenters. The fraction of sp³-hybridized carbons (Fsp3) is 0.278. The molecule has 3 rings (SSSR count). The first-order valence-corrected chi connectivity index (χ1v) is 10.5. The van der Waals surface area contributed by atoms with Gasteiger partial charge >= 0.3 is 0 Å². The Morgan fingerprint density at radius 1 is 1.21 bits per heavy atom. The van der Waals surface area contributed by atoms with Crippen molar-refractivity contribution in [2.45, 2.75) is 18.3 Å². The highest BCUT2D eigenvalue weighted by molar-refractivity contribution is 9.10. The van der Waals surface area contributed by atoms with Crippen LogP contribution in [0.4, 0.5) is 0 Å². The van der Waals surface area contributed by atoms with Gasteiger partial charge in [-0.1, -0.05) is 51.4 Å². The molecule has 3 aromatic rings. The molecular formula is C18H20BrCl2N5OS. The lowest BCUT2D eigenvalue weighted by Crippen LogP contribution is -2.17. The molecule has 0 aliphatic rings. The van der Waals surface area contributed by atoms with E-state index >= 15 is 0 Å². The molecule has 0 aliphatic heterocycles. The second kappa shape index (κ2) is 11.6. The van der Waals surface area contributed by atoms with Crippen LogP contribution in [0.5, 0.6) is 5.75 Å². The van der Waals surface area contributed by atoms with E-state index in [9.17, 15) is 0 Å². The molecule has 0 saturated carbocycles. The predicted octanol–water partition coefficient (Wildman–Crippen LogP) is 4.51. The Hall–Kier alpha value is -1.32. The molecule has 0 saturated heterocycles. The minimum atomic E-state index is 0. The zero-order valence-corrected chi connectivity index (χ0v) is 19.1. The summed E-state index contributed by atoms with van der Waals surface area (Å²) >= 11 is 11.1. The smallest absolute Gasteiger partial charge is 0.209 e. The van der Waals surface area contributed by atoms with Crippen molar-refractivity contribution in [2.24, 2.45) is 7.05 Å². The summed E-state index contributed by atoms with van der Waals surface area (Å²) in [6.45, 7) is 2.05. The topological polar surface area (TPSA) is 64.9 Å². The Morgan fingerprint density at radius 3 is 2.71 bits per heavy atom. The summed E-state index contributed by atoms with van der Waals surface area (Å²) in [6.07, 6.45) is 0. The molecule has 6 nitrogen and oxygen atoms in total. The minimum absolute atomic E-state index is 0. The molecular weight excluding hydrogens is 485 g/mol. The SMILES string of the molecule is Cl.Cn1nnnc1SCCNCc1cc(Br)ccc1OCc1ccc(Cl)cc1. The minimum Gasteiger partial charge on any atom is -0.489 e. The van der Waals surface area contributed by atoms with Gasteiger partial charge < -0.3 is 10.1 Å². The standard InChI is InChI=1S/C18H19BrClN5OS.ClH/c1-25-18(22-23-24-25)27-9-8-21-11-14-10-15(19)4-7-17(14)26-12-13-2-5-16(20)6-3-13;/h2-7,10,21H,8-9,11-12H2,1H3;1H. The summed E-state index contributed by atoms with van der Waals surface area (Å²) in [5.41, 5.74) is 2.18. The number of ether oxygens (including phenoxy) is 1. The summed E-state index contributed by atoms with van der Waals surface area (Å²) in [6, 6.07) is 13.7. The van der Waals surface area contributed by atoms with E-state index < -0.39 is 0 Å². The van der Waals surface area contributed by atoms with E-state index in [-0.39, 0.29) is 12.4 Å². The lowest BCUT2D eigenvalue weighted by Gasteiger charge is -2.13. The van der Waals surface area contributed by atoms with E-state index in [0.717, 1.165) is 43.8 Å². The maximum atomic E-state index is 6.01. The zero-order chi connectivity index (χ0) is 19.1. The number of tetrazole rings is 1. The van der Waals surface area contributed by atoms with Crippen molar-refractivity contribution in [1.82, 2.24) is 25.5 Å². The van der Waals surface area contributed by atoms with Crippen molar-refractivity contribution in [1.29, 1.82) is 0 Å². The molecule has 1 N–H and O–H groups in total. The third kappa shape index (κ3) is 6.93. The molecule has 0 aliphatic carbocycles. The monoisotopic (exact) mass is 503 g/mol. The van der Waals surface area contributed by atoms with Crippen LogP contribution in [0.25, 0.3) is 0 Å². The van der Waals surface area contributed by atoms with Crippen molar-refractivity contribution >= 4 is 51.7 Å². The maximum Gasteiger partial charge on any atom is 0.209 e. The Balaban J connectivity index is 0.00000280. The second-order valence-corrected chi connectivity index (χ2v) is 8.19. The van der Waals surface area contributed by atoms with Crippen molar-refractivity contribution in [2.75, 3.05) is 12.3 Å². The third-order valence-electron chi connectivity index (χ3n) is 3.74. The Morgan fingerprint density at radius 2 is 2.00 bits per heavy atom. The lowest BCUT2D eigenvalue weighted by molar-refractivity contribution is 0.302. The van der Waals surface area contributed by atoms with Crippen LogP contribution in [0.3, 0.4) is 0 Å². The van der Waals surface area contributed by atoms with Gasteiger partial charge in [0.15, 0.2) is 0 Å². The first kappa shape index (κ1) is 23.0. The van der Waals surface area contributed by atoms with Crippen molar-refractivity contribution in [3.63, 3.8) is 0 Å². The van der Waals surface area contributed by atoms with Crippen LogP contribution in [0, 0.1) is 0 Å². The number of aromatic nitrogens is 4. The normalized spacial score (nSPS) is 10.5. The van der Waals surface area contributed by atoms with Gasteiger partial charge in [0.2, 0.25) is 5.16 Å². The van der Waals surface area contributed by atoms with E-state index in [1.807, 2.05) is 43.4 Å². The molecule has 0 radical (unpaired) electrons. The molecule has 150 valence electrons. The van der Waals surface area contributed by atoms with Gasteiger partial charge in [-0.05, 0) is 46.3 Å². The molecule has 1 heterocycles. The first-order chi connectivity index (χ1) is 13.1. The number of nitrogens with zero attached hydrogens (tertiary/aromatic N) is 4. The predicted molar refractivity (Wildman–Crippen MR) is 118 cm³/mol. The van der Waals surface area contributed by atoms with Gasteiger partial charge in [0.05, 0.1) is 0 Å². The maximum absolute atomic E-state index is 6.01. The zero-order valence-electron chi connectivity index (χ0n) is 15.1. The number of halogens is 3. The molecule has 0 unspecified atom stereocenters. The summed E-state index contributed by atoms with van der Waals surface area (Å²) in [5, 5.41) is 16.4. The van der Waals surface area contributed by atoms with Gasteiger partial charge in [0.25, 0.3) is 0 Å². The fourth-order valence-electron chi connectivity index (χ4n) is 2.35. The number of aryl methyl sites for hydroxylation is 1. The number of rotatable bonds is 9. The number of hydrogen-bond donors (Lipinski definition) is 1. The Bertz CT molecular complexity index is 879. The molecule has 0 fully saturated rings. The van der Waals surface area contributed by atoms with Gasteiger partial charge in [0, 0.05) is 40.9 Å². The lowest BCUT2D eigenvalue weighted by atomic mass is 10.2. The van der Waals surface area contributed by atoms with Gasteiger partial charge in [-0.25, -0.2) is 4.68 Å². The van der Waals surface area contributed by atoms with Gasteiger partial charge in [-0.15, -0.1) is 17.5 Å². The highest BCUT2D eigenvalue weighted by atomic mass is 79.9. The number of thioether (sulfide) groups is 1. The number of benzene rings is 2. The molecule has 10 heteroatoms. The molecule has 0 bridgehead atoms. The summed E-state index contributed by atoms with van der Waals surface area (Å²) in [7, 11) is 1.83. The summed E-state index contributed by atoms with van der Waals surface area (Å²) in [5.74, 6) is 1.74. The van der Waals surface area contributed by atoms with Crippen LogP contribution >= 0.6 is 51.7 Å². The number of hydrogen-bond acceptors (Lipinski definition) is 6. The van der Waals surface area contributed by atoms with Crippen LogP contribution < -0.4 is 10.1 Å². The Labute approximate surface area is 187 Å². The van der Waals surface area contributed by atoms with Gasteiger partial charge in [-0.2, -0.15) is 0 Å². The number of nitrogens with one attached hydrogen (secondary N) is 1. The van der Waals surface area contributed by atoms with Crippen LogP contribution in [-0.4, -0.2) is 32.5 Å². The van der Waals surface area contributed by atoms with Crippen LogP contribution in [-0.2, 0) is 20.2 Å². The quantitative estimate of drug-likeness (QED) is 0.341. The van der Waals surface area contributed by atoms with Crippen LogP contribution in [0.15, 0.2) is 52.1 Å².